The number of aryl methyl sites for hydroxylation is 1. The second-order valence-corrected chi connectivity index (χ2v) is 5.98. The van der Waals surface area contributed by atoms with E-state index in [1.807, 2.05) is 42.9 Å². The van der Waals surface area contributed by atoms with Crippen molar-refractivity contribution in [1.29, 1.82) is 0 Å². The molecule has 4 heteroatoms. The SMILES string of the molecule is CNCC1(c2sc(-c3ccncc3)nc2C)CC1. The van der Waals surface area contributed by atoms with Crippen LogP contribution in [0.3, 0.4) is 0 Å². The van der Waals surface area contributed by atoms with Gasteiger partial charge in [0.05, 0.1) is 5.69 Å². The molecule has 1 saturated carbocycles. The molecule has 0 spiro atoms. The number of thiazole rings is 1. The molecule has 0 aliphatic heterocycles. The van der Waals surface area contributed by atoms with Gasteiger partial charge in [0.1, 0.15) is 5.01 Å². The van der Waals surface area contributed by atoms with E-state index < -0.39 is 0 Å². The van der Waals surface area contributed by atoms with Gasteiger partial charge in [0, 0.05) is 34.8 Å². The molecule has 0 aromatic carbocycles. The molecule has 2 aromatic rings. The first kappa shape index (κ1) is 11.8. The maximum absolute atomic E-state index is 4.73. The molecule has 0 radical (unpaired) electrons. The van der Waals surface area contributed by atoms with Crippen molar-refractivity contribution in [3.63, 3.8) is 0 Å². The van der Waals surface area contributed by atoms with E-state index in [1.165, 1.54) is 29.0 Å². The molecule has 0 bridgehead atoms. The molecule has 2 aromatic heterocycles. The molecule has 94 valence electrons. The Balaban J connectivity index is 1.97. The summed E-state index contributed by atoms with van der Waals surface area (Å²) in [7, 11) is 2.03. The second kappa shape index (κ2) is 4.44. The van der Waals surface area contributed by atoms with Gasteiger partial charge in [0.25, 0.3) is 0 Å². The minimum absolute atomic E-state index is 0.363. The Kier molecular flexibility index (Phi) is 2.92. The minimum atomic E-state index is 0.363. The molecule has 1 aliphatic rings. The largest absolute Gasteiger partial charge is 0.319 e. The van der Waals surface area contributed by atoms with Crippen LogP contribution < -0.4 is 5.32 Å². The highest BCUT2D eigenvalue weighted by atomic mass is 32.1. The Morgan fingerprint density at radius 3 is 2.67 bits per heavy atom. The maximum Gasteiger partial charge on any atom is 0.123 e. The van der Waals surface area contributed by atoms with Gasteiger partial charge < -0.3 is 5.32 Å². The Labute approximate surface area is 111 Å². The first-order chi connectivity index (χ1) is 8.75. The topological polar surface area (TPSA) is 37.8 Å². The molecule has 3 rings (SSSR count). The van der Waals surface area contributed by atoms with Crippen LogP contribution in [-0.4, -0.2) is 23.6 Å². The van der Waals surface area contributed by atoms with Gasteiger partial charge in [-0.15, -0.1) is 11.3 Å². The van der Waals surface area contributed by atoms with Gasteiger partial charge in [0.2, 0.25) is 0 Å². The number of nitrogens with one attached hydrogen (secondary N) is 1. The standard InChI is InChI=1S/C14H17N3S/c1-10-12(14(5-6-14)9-15-2)18-13(17-10)11-3-7-16-8-4-11/h3-4,7-8,15H,5-6,9H2,1-2H3. The van der Waals surface area contributed by atoms with Crippen LogP contribution in [0.1, 0.15) is 23.4 Å². The summed E-state index contributed by atoms with van der Waals surface area (Å²) in [6.07, 6.45) is 6.22. The molecule has 0 amide bonds. The molecule has 3 nitrogen and oxygen atoms in total. The number of nitrogens with zero attached hydrogens (tertiary/aromatic N) is 2. The van der Waals surface area contributed by atoms with Crippen LogP contribution in [0.15, 0.2) is 24.5 Å². The van der Waals surface area contributed by atoms with Crippen molar-refractivity contribution in [3.05, 3.63) is 35.1 Å². The average Bonchev–Trinajstić information content (AvgIpc) is 3.06. The minimum Gasteiger partial charge on any atom is -0.319 e. The predicted molar refractivity (Wildman–Crippen MR) is 74.9 cm³/mol. The van der Waals surface area contributed by atoms with Gasteiger partial charge in [-0.3, -0.25) is 4.98 Å². The summed E-state index contributed by atoms with van der Waals surface area (Å²) in [4.78, 5) is 10.3. The zero-order chi connectivity index (χ0) is 12.6. The number of hydrogen-bond acceptors (Lipinski definition) is 4. The summed E-state index contributed by atoms with van der Waals surface area (Å²) < 4.78 is 0. The summed E-state index contributed by atoms with van der Waals surface area (Å²) in [6, 6.07) is 4.05. The average molecular weight is 259 g/mol. The number of likely N-dealkylation sites (N-methyl/N-ethyl adjacent to an activating group) is 1. The summed E-state index contributed by atoms with van der Waals surface area (Å²) >= 11 is 1.84. The zero-order valence-electron chi connectivity index (χ0n) is 10.7. The quantitative estimate of drug-likeness (QED) is 0.917. The van der Waals surface area contributed by atoms with E-state index in [0.29, 0.717) is 5.41 Å². The molecule has 0 atom stereocenters. The van der Waals surface area contributed by atoms with Crippen LogP contribution in [0.25, 0.3) is 10.6 Å². The highest BCUT2D eigenvalue weighted by molar-refractivity contribution is 7.15. The summed E-state index contributed by atoms with van der Waals surface area (Å²) in [5, 5.41) is 4.43. The van der Waals surface area contributed by atoms with E-state index in [1.54, 1.807) is 0 Å². The lowest BCUT2D eigenvalue weighted by atomic mass is 10.0. The molecular formula is C14H17N3S. The number of aromatic nitrogens is 2. The van der Waals surface area contributed by atoms with E-state index in [-0.39, 0.29) is 0 Å². The third-order valence-corrected chi connectivity index (χ3v) is 5.03. The van der Waals surface area contributed by atoms with Crippen LogP contribution in [0, 0.1) is 6.92 Å². The molecule has 0 unspecified atom stereocenters. The van der Waals surface area contributed by atoms with E-state index in [4.69, 9.17) is 4.98 Å². The Hall–Kier alpha value is -1.26. The third kappa shape index (κ3) is 1.95. The van der Waals surface area contributed by atoms with Crippen molar-refractivity contribution >= 4 is 11.3 Å². The Morgan fingerprint density at radius 1 is 1.33 bits per heavy atom. The van der Waals surface area contributed by atoms with Gasteiger partial charge in [-0.2, -0.15) is 0 Å². The maximum atomic E-state index is 4.73. The highest BCUT2D eigenvalue weighted by Crippen LogP contribution is 2.51. The van der Waals surface area contributed by atoms with Crippen molar-refractivity contribution < 1.29 is 0 Å². The molecule has 0 saturated heterocycles. The monoisotopic (exact) mass is 259 g/mol. The van der Waals surface area contributed by atoms with E-state index in [0.717, 1.165) is 11.6 Å². The first-order valence-electron chi connectivity index (χ1n) is 6.28. The van der Waals surface area contributed by atoms with Crippen molar-refractivity contribution in [3.8, 4) is 10.6 Å². The molecule has 1 aliphatic carbocycles. The molecular weight excluding hydrogens is 242 g/mol. The molecule has 1 N–H and O–H groups in total. The Bertz CT molecular complexity index is 543. The summed E-state index contributed by atoms with van der Waals surface area (Å²) in [6.45, 7) is 3.19. The van der Waals surface area contributed by atoms with E-state index >= 15 is 0 Å². The van der Waals surface area contributed by atoms with Crippen LogP contribution in [0.4, 0.5) is 0 Å². The van der Waals surface area contributed by atoms with Crippen molar-refractivity contribution in [2.45, 2.75) is 25.2 Å². The smallest absolute Gasteiger partial charge is 0.123 e. The number of pyridine rings is 1. The summed E-state index contributed by atoms with van der Waals surface area (Å²) in [5.41, 5.74) is 2.73. The molecule has 1 fully saturated rings. The first-order valence-corrected chi connectivity index (χ1v) is 7.10. The van der Waals surface area contributed by atoms with Gasteiger partial charge in [-0.1, -0.05) is 0 Å². The van der Waals surface area contributed by atoms with Gasteiger partial charge >= 0.3 is 0 Å². The normalized spacial score (nSPS) is 16.8. The fourth-order valence-corrected chi connectivity index (χ4v) is 3.80. The van der Waals surface area contributed by atoms with Crippen LogP contribution in [0.5, 0.6) is 0 Å². The third-order valence-electron chi connectivity index (χ3n) is 3.57. The summed E-state index contributed by atoms with van der Waals surface area (Å²) in [5.74, 6) is 0. The van der Waals surface area contributed by atoms with Crippen molar-refractivity contribution in [1.82, 2.24) is 15.3 Å². The lowest BCUT2D eigenvalue weighted by Crippen LogP contribution is -2.23. The van der Waals surface area contributed by atoms with Crippen LogP contribution in [-0.2, 0) is 5.41 Å². The lowest BCUT2D eigenvalue weighted by molar-refractivity contribution is 0.630. The van der Waals surface area contributed by atoms with Gasteiger partial charge in [0.15, 0.2) is 0 Å². The van der Waals surface area contributed by atoms with E-state index in [2.05, 4.69) is 17.2 Å². The fraction of sp³-hybridized carbons (Fsp3) is 0.429. The second-order valence-electron chi connectivity index (χ2n) is 4.98. The van der Waals surface area contributed by atoms with Crippen molar-refractivity contribution in [2.75, 3.05) is 13.6 Å². The van der Waals surface area contributed by atoms with Crippen LogP contribution >= 0.6 is 11.3 Å². The number of rotatable bonds is 4. The van der Waals surface area contributed by atoms with Gasteiger partial charge in [-0.05, 0) is 38.9 Å². The lowest BCUT2D eigenvalue weighted by Gasteiger charge is -2.12. The molecule has 18 heavy (non-hydrogen) atoms. The Morgan fingerprint density at radius 2 is 2.06 bits per heavy atom. The predicted octanol–water partition coefficient (Wildman–Crippen LogP) is 2.76. The fourth-order valence-electron chi connectivity index (χ4n) is 2.48. The molecule has 2 heterocycles. The highest BCUT2D eigenvalue weighted by Gasteiger charge is 2.46. The number of hydrogen-bond donors (Lipinski definition) is 1. The van der Waals surface area contributed by atoms with Crippen molar-refractivity contribution in [2.24, 2.45) is 0 Å². The van der Waals surface area contributed by atoms with E-state index in [9.17, 15) is 0 Å². The van der Waals surface area contributed by atoms with Gasteiger partial charge in [-0.25, -0.2) is 4.98 Å². The van der Waals surface area contributed by atoms with Crippen LogP contribution in [0.2, 0.25) is 0 Å². The zero-order valence-corrected chi connectivity index (χ0v) is 11.5.